The van der Waals surface area contributed by atoms with Gasteiger partial charge in [-0.1, -0.05) is 83.9 Å². The van der Waals surface area contributed by atoms with Crippen molar-refractivity contribution in [2.24, 2.45) is 0 Å². The van der Waals surface area contributed by atoms with Crippen molar-refractivity contribution >= 4 is 31.4 Å². The van der Waals surface area contributed by atoms with Crippen molar-refractivity contribution in [1.29, 1.82) is 10.5 Å². The fourth-order valence-corrected chi connectivity index (χ4v) is 9.00. The van der Waals surface area contributed by atoms with Gasteiger partial charge in [0.25, 0.3) is 20.0 Å². The van der Waals surface area contributed by atoms with Gasteiger partial charge in [-0.05, 0) is 73.5 Å². The fourth-order valence-electron chi connectivity index (χ4n) is 6.09. The first-order valence-electron chi connectivity index (χ1n) is 16.8. The van der Waals surface area contributed by atoms with Crippen LogP contribution in [-0.4, -0.2) is 16.8 Å². The van der Waals surface area contributed by atoms with Gasteiger partial charge in [-0.2, -0.15) is 10.5 Å². The standard InChI is InChI=1S/C42H32N4O6S2/c1-29-15-19-35(20-16-29)53(47,48)45-27-31-9-3-4-10-32(31)28-46(54(49,50)36-21-17-30(2)18-22-36)38-12-6-8-14-40(38)52-42-24-34(26-44)33(25-43)23-41(42)51-39-13-7-5-11-37(39)45/h3-24H,27-28H2,1-2H3. The lowest BCUT2D eigenvalue weighted by Crippen LogP contribution is -2.33. The van der Waals surface area contributed by atoms with E-state index in [-0.39, 0.29) is 68.4 Å². The van der Waals surface area contributed by atoms with Crippen molar-refractivity contribution in [2.45, 2.75) is 36.7 Å². The summed E-state index contributed by atoms with van der Waals surface area (Å²) in [6.07, 6.45) is 0. The van der Waals surface area contributed by atoms with Crippen LogP contribution in [0.15, 0.2) is 143 Å². The van der Waals surface area contributed by atoms with E-state index in [9.17, 15) is 27.4 Å². The number of ether oxygens (including phenoxy) is 2. The predicted molar refractivity (Wildman–Crippen MR) is 204 cm³/mol. The van der Waals surface area contributed by atoms with Crippen LogP contribution in [0.25, 0.3) is 0 Å². The highest BCUT2D eigenvalue weighted by atomic mass is 32.2. The maximum absolute atomic E-state index is 14.7. The first kappa shape index (κ1) is 35.8. The molecule has 10 nitrogen and oxygen atoms in total. The molecule has 0 N–H and O–H groups in total. The van der Waals surface area contributed by atoms with Crippen LogP contribution in [-0.2, 0) is 33.1 Å². The maximum atomic E-state index is 14.7. The highest BCUT2D eigenvalue weighted by Gasteiger charge is 2.32. The molecule has 0 radical (unpaired) electrons. The smallest absolute Gasteiger partial charge is 0.264 e. The monoisotopic (exact) mass is 752 g/mol. The van der Waals surface area contributed by atoms with Crippen LogP contribution in [0.3, 0.4) is 0 Å². The normalized spacial score (nSPS) is 13.0. The van der Waals surface area contributed by atoms with Crippen LogP contribution in [0, 0.1) is 36.5 Å². The lowest BCUT2D eigenvalue weighted by Gasteiger charge is -2.30. The minimum Gasteiger partial charge on any atom is -0.451 e. The molecule has 1 aliphatic heterocycles. The van der Waals surface area contributed by atoms with Gasteiger partial charge in [0.05, 0.1) is 45.4 Å². The molecular weight excluding hydrogens is 721 g/mol. The molecule has 6 aromatic carbocycles. The first-order valence-corrected chi connectivity index (χ1v) is 19.7. The molecule has 0 atom stereocenters. The van der Waals surface area contributed by atoms with Crippen molar-refractivity contribution in [2.75, 3.05) is 8.61 Å². The number of rotatable bonds is 4. The molecule has 0 spiro atoms. The Morgan fingerprint density at radius 1 is 0.500 bits per heavy atom. The van der Waals surface area contributed by atoms with E-state index >= 15 is 0 Å². The van der Waals surface area contributed by atoms with Gasteiger partial charge in [0.2, 0.25) is 0 Å². The predicted octanol–water partition coefficient (Wildman–Crippen LogP) is 8.74. The van der Waals surface area contributed by atoms with Gasteiger partial charge in [-0.25, -0.2) is 16.8 Å². The minimum atomic E-state index is -4.28. The largest absolute Gasteiger partial charge is 0.451 e. The Labute approximate surface area is 314 Å². The average Bonchev–Trinajstić information content (AvgIpc) is 3.17. The van der Waals surface area contributed by atoms with Gasteiger partial charge >= 0.3 is 0 Å². The van der Waals surface area contributed by atoms with Gasteiger partial charge in [0.15, 0.2) is 23.0 Å². The van der Waals surface area contributed by atoms with Gasteiger partial charge in [-0.15, -0.1) is 0 Å². The van der Waals surface area contributed by atoms with Crippen molar-refractivity contribution in [3.63, 3.8) is 0 Å². The zero-order valence-corrected chi connectivity index (χ0v) is 30.8. The molecule has 12 heteroatoms. The van der Waals surface area contributed by atoms with E-state index in [1.165, 1.54) is 45.0 Å². The molecule has 0 saturated heterocycles. The molecule has 1 heterocycles. The summed E-state index contributed by atoms with van der Waals surface area (Å²) < 4.78 is 74.2. The van der Waals surface area contributed by atoms with E-state index in [0.717, 1.165) is 11.1 Å². The van der Waals surface area contributed by atoms with E-state index in [4.69, 9.17) is 9.47 Å². The van der Waals surface area contributed by atoms with E-state index in [0.29, 0.717) is 11.1 Å². The summed E-state index contributed by atoms with van der Waals surface area (Å²) in [5, 5.41) is 19.9. The van der Waals surface area contributed by atoms with Crippen molar-refractivity contribution < 1.29 is 26.3 Å². The van der Waals surface area contributed by atoms with E-state index in [1.54, 1.807) is 97.1 Å². The number of anilines is 2. The van der Waals surface area contributed by atoms with Crippen LogP contribution < -0.4 is 18.1 Å². The molecular formula is C42H32N4O6S2. The third-order valence-electron chi connectivity index (χ3n) is 9.00. The second kappa shape index (κ2) is 14.4. The Bertz CT molecular complexity index is 2520. The minimum absolute atomic E-state index is 0.00614. The second-order valence-corrected chi connectivity index (χ2v) is 16.4. The number of sulfonamides is 2. The van der Waals surface area contributed by atoms with Crippen molar-refractivity contribution in [3.05, 3.63) is 167 Å². The maximum Gasteiger partial charge on any atom is 0.264 e. The highest BCUT2D eigenvalue weighted by Crippen LogP contribution is 2.45. The Morgan fingerprint density at radius 3 is 1.22 bits per heavy atom. The van der Waals surface area contributed by atoms with E-state index in [1.807, 2.05) is 26.0 Å². The van der Waals surface area contributed by atoms with Gasteiger partial charge in [0.1, 0.15) is 12.1 Å². The van der Waals surface area contributed by atoms with E-state index < -0.39 is 20.0 Å². The molecule has 0 aromatic heterocycles. The summed E-state index contributed by atoms with van der Waals surface area (Å²) in [7, 11) is -8.57. The zero-order valence-electron chi connectivity index (χ0n) is 29.2. The number of hydrogen-bond acceptors (Lipinski definition) is 8. The van der Waals surface area contributed by atoms with Crippen LogP contribution in [0.2, 0.25) is 0 Å². The molecule has 6 aromatic rings. The van der Waals surface area contributed by atoms with Crippen LogP contribution >= 0.6 is 0 Å². The van der Waals surface area contributed by atoms with Crippen molar-refractivity contribution in [3.8, 4) is 35.1 Å². The van der Waals surface area contributed by atoms with Crippen LogP contribution in [0.5, 0.6) is 23.0 Å². The topological polar surface area (TPSA) is 141 Å². The molecule has 0 amide bonds. The SMILES string of the molecule is Cc1ccc(S(=O)(=O)N2Cc3ccccc3CN(S(=O)(=O)c3ccc(C)cc3)c3ccccc3Oc3cc(C#N)c(C#N)cc3Oc3ccccc32)cc1. The summed E-state index contributed by atoms with van der Waals surface area (Å²) in [6, 6.07) is 39.9. The van der Waals surface area contributed by atoms with Gasteiger partial charge in [-0.3, -0.25) is 8.61 Å². The number of nitrogens with zero attached hydrogens (tertiary/aromatic N) is 4. The lowest BCUT2D eigenvalue weighted by atomic mass is 10.1. The zero-order chi connectivity index (χ0) is 38.0. The lowest BCUT2D eigenvalue weighted by molar-refractivity contribution is 0.419. The van der Waals surface area contributed by atoms with E-state index in [2.05, 4.69) is 0 Å². The number of fused-ring (bicyclic) bond motifs is 4. The molecule has 0 unspecified atom stereocenters. The first-order chi connectivity index (χ1) is 26.0. The Morgan fingerprint density at radius 2 is 0.852 bits per heavy atom. The fraction of sp³-hybridized carbons (Fsp3) is 0.0952. The number of aryl methyl sites for hydroxylation is 2. The average molecular weight is 753 g/mol. The summed E-state index contributed by atoms with van der Waals surface area (Å²) in [5.74, 6) is 0.229. The molecule has 54 heavy (non-hydrogen) atoms. The third kappa shape index (κ3) is 6.84. The summed E-state index contributed by atoms with van der Waals surface area (Å²) >= 11 is 0. The molecule has 7 rings (SSSR count). The molecule has 0 fully saturated rings. The van der Waals surface area contributed by atoms with Crippen molar-refractivity contribution in [1.82, 2.24) is 0 Å². The second-order valence-electron chi connectivity index (χ2n) is 12.6. The molecule has 0 aliphatic carbocycles. The summed E-state index contributed by atoms with van der Waals surface area (Å²) in [5.41, 5.74) is 3.15. The van der Waals surface area contributed by atoms with Gasteiger partial charge in [0, 0.05) is 12.1 Å². The molecule has 0 saturated carbocycles. The molecule has 1 aliphatic rings. The molecule has 0 bridgehead atoms. The highest BCUT2D eigenvalue weighted by molar-refractivity contribution is 7.93. The molecule has 268 valence electrons. The third-order valence-corrected chi connectivity index (χ3v) is 12.5. The Hall–Kier alpha value is -6.60. The number of benzene rings is 6. The quantitative estimate of drug-likeness (QED) is 0.174. The number of para-hydroxylation sites is 4. The Balaban J connectivity index is 1.52. The van der Waals surface area contributed by atoms with Crippen LogP contribution in [0.4, 0.5) is 11.4 Å². The summed E-state index contributed by atoms with van der Waals surface area (Å²) in [4.78, 5) is 0.0707. The van der Waals surface area contributed by atoms with Gasteiger partial charge < -0.3 is 9.47 Å². The number of nitriles is 2. The number of hydrogen-bond donors (Lipinski definition) is 0. The summed E-state index contributed by atoms with van der Waals surface area (Å²) in [6.45, 7) is 3.32. The van der Waals surface area contributed by atoms with Crippen LogP contribution in [0.1, 0.15) is 33.4 Å². The Kier molecular flexibility index (Phi) is 9.57.